The van der Waals surface area contributed by atoms with Crippen LogP contribution in [0.15, 0.2) is 33.6 Å². The maximum atomic E-state index is 12.1. The highest BCUT2D eigenvalue weighted by Gasteiger charge is 2.17. The van der Waals surface area contributed by atoms with Crippen LogP contribution in [0.2, 0.25) is 0 Å². The first-order valence-corrected chi connectivity index (χ1v) is 9.61. The van der Waals surface area contributed by atoms with E-state index in [2.05, 4.69) is 31.3 Å². The van der Waals surface area contributed by atoms with Gasteiger partial charge in [0.05, 0.1) is 11.4 Å². The maximum absolute atomic E-state index is 12.1. The molecule has 2 amide bonds. The molecule has 0 aliphatic rings. The third-order valence-electron chi connectivity index (χ3n) is 2.73. The van der Waals surface area contributed by atoms with Crippen molar-refractivity contribution in [2.24, 2.45) is 0 Å². The highest BCUT2D eigenvalue weighted by atomic mass is 79.9. The predicted octanol–water partition coefficient (Wildman–Crippen LogP) is 1.15. The number of sulfonamides is 1. The Morgan fingerprint density at radius 1 is 1.12 bits per heavy atom. The second-order valence-electron chi connectivity index (χ2n) is 6.15. The molecule has 0 saturated carbocycles. The standard InChI is InChI=1S/C15H22BrN3O4S/c1-15(2,3)19-14(21)10-17-13(20)8-9-18-24(22,23)12-7-5-4-6-11(12)16/h4-7,18H,8-10H2,1-3H3,(H,17,20)(H,19,21). The summed E-state index contributed by atoms with van der Waals surface area (Å²) in [7, 11) is -3.70. The van der Waals surface area contributed by atoms with Crippen molar-refractivity contribution < 1.29 is 18.0 Å². The van der Waals surface area contributed by atoms with Gasteiger partial charge < -0.3 is 10.6 Å². The summed E-state index contributed by atoms with van der Waals surface area (Å²) in [5, 5.41) is 5.16. The minimum absolute atomic E-state index is 0.0591. The van der Waals surface area contributed by atoms with Crippen LogP contribution in [0.5, 0.6) is 0 Å². The van der Waals surface area contributed by atoms with Gasteiger partial charge in [0.1, 0.15) is 0 Å². The molecule has 1 rings (SSSR count). The van der Waals surface area contributed by atoms with Crippen LogP contribution in [0, 0.1) is 0 Å². The van der Waals surface area contributed by atoms with Gasteiger partial charge in [-0.05, 0) is 48.8 Å². The largest absolute Gasteiger partial charge is 0.350 e. The molecule has 0 spiro atoms. The fourth-order valence-electron chi connectivity index (χ4n) is 1.77. The second kappa shape index (κ2) is 8.59. The summed E-state index contributed by atoms with van der Waals surface area (Å²) in [6, 6.07) is 6.40. The summed E-state index contributed by atoms with van der Waals surface area (Å²) in [6.07, 6.45) is -0.0630. The van der Waals surface area contributed by atoms with Crippen LogP contribution in [-0.4, -0.2) is 38.9 Å². The zero-order valence-electron chi connectivity index (χ0n) is 13.8. The molecule has 0 atom stereocenters. The number of hydrogen-bond acceptors (Lipinski definition) is 4. The molecule has 1 aromatic rings. The van der Waals surface area contributed by atoms with E-state index in [1.807, 2.05) is 20.8 Å². The molecular formula is C15H22BrN3O4S. The van der Waals surface area contributed by atoms with Crippen molar-refractivity contribution in [3.8, 4) is 0 Å². The third-order valence-corrected chi connectivity index (χ3v) is 5.20. The first-order valence-electron chi connectivity index (χ1n) is 7.33. The van der Waals surface area contributed by atoms with Crippen LogP contribution in [0.3, 0.4) is 0 Å². The predicted molar refractivity (Wildman–Crippen MR) is 94.9 cm³/mol. The lowest BCUT2D eigenvalue weighted by molar-refractivity contribution is -0.126. The number of halogens is 1. The highest BCUT2D eigenvalue weighted by Crippen LogP contribution is 2.20. The van der Waals surface area contributed by atoms with E-state index in [0.717, 1.165) is 0 Å². The highest BCUT2D eigenvalue weighted by molar-refractivity contribution is 9.10. The maximum Gasteiger partial charge on any atom is 0.241 e. The number of benzene rings is 1. The Bertz CT molecular complexity index is 699. The van der Waals surface area contributed by atoms with Gasteiger partial charge in [0.15, 0.2) is 0 Å². The number of carbonyl (C=O) groups is 2. The van der Waals surface area contributed by atoms with Crippen LogP contribution >= 0.6 is 15.9 Å². The van der Waals surface area contributed by atoms with Crippen LogP contribution in [-0.2, 0) is 19.6 Å². The van der Waals surface area contributed by atoms with E-state index < -0.39 is 15.9 Å². The van der Waals surface area contributed by atoms with E-state index in [4.69, 9.17) is 0 Å². The molecule has 0 aliphatic carbocycles. The summed E-state index contributed by atoms with van der Waals surface area (Å²) in [5.41, 5.74) is -0.374. The normalized spacial score (nSPS) is 11.8. The molecule has 0 aromatic heterocycles. The lowest BCUT2D eigenvalue weighted by Gasteiger charge is -2.20. The molecule has 0 fully saturated rings. The van der Waals surface area contributed by atoms with Crippen molar-refractivity contribution in [2.45, 2.75) is 37.6 Å². The summed E-state index contributed by atoms with van der Waals surface area (Å²) < 4.78 is 27.0. The zero-order valence-corrected chi connectivity index (χ0v) is 16.3. The zero-order chi connectivity index (χ0) is 18.4. The van der Waals surface area contributed by atoms with Gasteiger partial charge in [0.25, 0.3) is 0 Å². The molecule has 0 unspecified atom stereocenters. The van der Waals surface area contributed by atoms with Gasteiger partial charge in [0.2, 0.25) is 21.8 Å². The Balaban J connectivity index is 2.41. The Morgan fingerprint density at radius 3 is 2.33 bits per heavy atom. The van der Waals surface area contributed by atoms with Crippen LogP contribution in [0.4, 0.5) is 0 Å². The molecule has 7 nitrogen and oxygen atoms in total. The van der Waals surface area contributed by atoms with E-state index in [-0.39, 0.29) is 35.9 Å². The molecule has 0 bridgehead atoms. The van der Waals surface area contributed by atoms with Crippen LogP contribution in [0.25, 0.3) is 0 Å². The fraction of sp³-hybridized carbons (Fsp3) is 0.467. The molecule has 0 heterocycles. The second-order valence-corrected chi connectivity index (χ2v) is 8.74. The number of rotatable bonds is 7. The first-order chi connectivity index (χ1) is 11.0. The van der Waals surface area contributed by atoms with Crippen LogP contribution < -0.4 is 15.4 Å². The molecule has 1 aromatic carbocycles. The van der Waals surface area contributed by atoms with Crippen molar-refractivity contribution >= 4 is 37.8 Å². The van der Waals surface area contributed by atoms with E-state index in [0.29, 0.717) is 4.47 Å². The van der Waals surface area contributed by atoms with Gasteiger partial charge in [-0.2, -0.15) is 0 Å². The number of carbonyl (C=O) groups excluding carboxylic acids is 2. The van der Waals surface area contributed by atoms with Crippen molar-refractivity contribution in [2.75, 3.05) is 13.1 Å². The topological polar surface area (TPSA) is 104 Å². The molecule has 0 aliphatic heterocycles. The summed E-state index contributed by atoms with van der Waals surface area (Å²) >= 11 is 3.17. The average molecular weight is 420 g/mol. The monoisotopic (exact) mass is 419 g/mol. The van der Waals surface area contributed by atoms with Crippen molar-refractivity contribution in [1.29, 1.82) is 0 Å². The Hall–Kier alpha value is -1.45. The Kier molecular flexibility index (Phi) is 7.37. The first kappa shape index (κ1) is 20.6. The molecule has 9 heteroatoms. The van der Waals surface area contributed by atoms with Gasteiger partial charge in [-0.25, -0.2) is 13.1 Å². The smallest absolute Gasteiger partial charge is 0.241 e. The quantitative estimate of drug-likeness (QED) is 0.616. The number of amides is 2. The van der Waals surface area contributed by atoms with Crippen molar-refractivity contribution in [1.82, 2.24) is 15.4 Å². The van der Waals surface area contributed by atoms with Gasteiger partial charge >= 0.3 is 0 Å². The molecule has 0 radical (unpaired) electrons. The number of hydrogen-bond donors (Lipinski definition) is 3. The summed E-state index contributed by atoms with van der Waals surface area (Å²) in [5.74, 6) is -0.710. The minimum Gasteiger partial charge on any atom is -0.350 e. The van der Waals surface area contributed by atoms with E-state index in [1.54, 1.807) is 18.2 Å². The fourth-order valence-corrected chi connectivity index (χ4v) is 3.80. The van der Waals surface area contributed by atoms with E-state index in [1.165, 1.54) is 6.07 Å². The Morgan fingerprint density at radius 2 is 1.75 bits per heavy atom. The molecule has 24 heavy (non-hydrogen) atoms. The van der Waals surface area contributed by atoms with E-state index in [9.17, 15) is 18.0 Å². The minimum atomic E-state index is -3.70. The molecule has 3 N–H and O–H groups in total. The molecular weight excluding hydrogens is 398 g/mol. The molecule has 134 valence electrons. The van der Waals surface area contributed by atoms with Gasteiger partial charge in [0, 0.05) is 23.0 Å². The van der Waals surface area contributed by atoms with Gasteiger partial charge in [-0.3, -0.25) is 9.59 Å². The van der Waals surface area contributed by atoms with Gasteiger partial charge in [-0.15, -0.1) is 0 Å². The number of nitrogens with one attached hydrogen (secondary N) is 3. The van der Waals surface area contributed by atoms with Crippen LogP contribution in [0.1, 0.15) is 27.2 Å². The summed E-state index contributed by atoms with van der Waals surface area (Å²) in [6.45, 7) is 5.30. The van der Waals surface area contributed by atoms with E-state index >= 15 is 0 Å². The van der Waals surface area contributed by atoms with Gasteiger partial charge in [-0.1, -0.05) is 12.1 Å². The third kappa shape index (κ3) is 7.41. The summed E-state index contributed by atoms with van der Waals surface area (Å²) in [4.78, 5) is 23.3. The van der Waals surface area contributed by atoms with Crippen molar-refractivity contribution in [3.63, 3.8) is 0 Å². The molecule has 0 saturated heterocycles. The lowest BCUT2D eigenvalue weighted by atomic mass is 10.1. The SMILES string of the molecule is CC(C)(C)NC(=O)CNC(=O)CCNS(=O)(=O)c1ccccc1Br. The lowest BCUT2D eigenvalue weighted by Crippen LogP contribution is -2.46. The Labute approximate surface area is 150 Å². The van der Waals surface area contributed by atoms with Crippen molar-refractivity contribution in [3.05, 3.63) is 28.7 Å². The average Bonchev–Trinajstić information content (AvgIpc) is 2.43.